The number of carbonyl (C=O) groups excluding carboxylic acids is 3. The van der Waals surface area contributed by atoms with Crippen molar-refractivity contribution in [3.05, 3.63) is 0 Å². The van der Waals surface area contributed by atoms with Gasteiger partial charge in [0.05, 0.1) is 19.1 Å². The van der Waals surface area contributed by atoms with Crippen molar-refractivity contribution in [1.29, 1.82) is 0 Å². The Bertz CT molecular complexity index is 601. The van der Waals surface area contributed by atoms with Gasteiger partial charge in [-0.15, -0.1) is 0 Å². The minimum atomic E-state index is -1.71. The van der Waals surface area contributed by atoms with Crippen molar-refractivity contribution >= 4 is 42.3 Å². The van der Waals surface area contributed by atoms with E-state index in [2.05, 4.69) is 23.3 Å². The first kappa shape index (κ1) is 25.6. The highest BCUT2D eigenvalue weighted by atomic mass is 32.1. The number of amides is 3. The molecule has 0 aromatic carbocycles. The molecule has 0 aromatic rings. The lowest BCUT2D eigenvalue weighted by Gasteiger charge is -2.23. The molecule has 4 unspecified atom stereocenters. The van der Waals surface area contributed by atoms with Crippen LogP contribution in [-0.2, 0) is 24.0 Å². The third kappa shape index (κ3) is 8.54. The van der Waals surface area contributed by atoms with E-state index in [1.807, 2.05) is 5.32 Å². The maximum Gasteiger partial charge on any atom is 0.326 e. The van der Waals surface area contributed by atoms with Crippen LogP contribution in [0, 0.1) is 5.92 Å². The second kappa shape index (κ2) is 12.2. The second-order valence-corrected chi connectivity index (χ2v) is 6.62. The Morgan fingerprint density at radius 2 is 1.36 bits per heavy atom. The van der Waals surface area contributed by atoms with Gasteiger partial charge in [-0.25, -0.2) is 4.79 Å². The van der Waals surface area contributed by atoms with E-state index < -0.39 is 66.9 Å². The first-order valence-electron chi connectivity index (χ1n) is 8.27. The molecule has 28 heavy (non-hydrogen) atoms. The van der Waals surface area contributed by atoms with Gasteiger partial charge in [-0.2, -0.15) is 12.6 Å². The molecule has 0 bridgehead atoms. The van der Waals surface area contributed by atoms with E-state index in [1.54, 1.807) is 13.8 Å². The fourth-order valence-corrected chi connectivity index (χ4v) is 2.14. The summed E-state index contributed by atoms with van der Waals surface area (Å²) in [7, 11) is 0. The molecule has 0 rings (SSSR count). The highest BCUT2D eigenvalue weighted by molar-refractivity contribution is 7.80. The van der Waals surface area contributed by atoms with Gasteiger partial charge >= 0.3 is 11.9 Å². The van der Waals surface area contributed by atoms with Crippen molar-refractivity contribution in [2.24, 2.45) is 11.7 Å². The number of aliphatic hydroxyl groups excluding tert-OH is 1. The summed E-state index contributed by atoms with van der Waals surface area (Å²) >= 11 is 3.89. The Hall–Kier alpha value is -2.38. The predicted octanol–water partition coefficient (Wildman–Crippen LogP) is -3.09. The zero-order valence-corrected chi connectivity index (χ0v) is 16.3. The number of aliphatic hydroxyl groups is 1. The average Bonchev–Trinajstić information content (AvgIpc) is 2.61. The molecule has 0 spiro atoms. The lowest BCUT2D eigenvalue weighted by molar-refractivity contribution is -0.147. The number of nitrogens with two attached hydrogens (primary N) is 1. The summed E-state index contributed by atoms with van der Waals surface area (Å²) in [4.78, 5) is 58.0. The average molecular weight is 422 g/mol. The molecule has 4 atom stereocenters. The summed E-state index contributed by atoms with van der Waals surface area (Å²) in [6, 6.07) is -5.36. The first-order chi connectivity index (χ1) is 12.9. The van der Waals surface area contributed by atoms with Gasteiger partial charge in [0.2, 0.25) is 17.7 Å². The van der Waals surface area contributed by atoms with Gasteiger partial charge in [-0.1, -0.05) is 13.8 Å². The number of carboxylic acids is 2. The van der Waals surface area contributed by atoms with E-state index in [0.717, 1.165) is 0 Å². The Kier molecular flexibility index (Phi) is 11.1. The van der Waals surface area contributed by atoms with Gasteiger partial charge in [-0.05, 0) is 5.92 Å². The third-order valence-electron chi connectivity index (χ3n) is 3.65. The van der Waals surface area contributed by atoms with Crippen LogP contribution in [0.4, 0.5) is 0 Å². The van der Waals surface area contributed by atoms with Crippen LogP contribution in [0.1, 0.15) is 20.3 Å². The van der Waals surface area contributed by atoms with E-state index in [9.17, 15) is 29.1 Å². The molecule has 13 heteroatoms. The smallest absolute Gasteiger partial charge is 0.326 e. The van der Waals surface area contributed by atoms with Crippen molar-refractivity contribution in [2.75, 3.05) is 12.4 Å². The molecule has 0 aliphatic rings. The van der Waals surface area contributed by atoms with Crippen LogP contribution in [0.5, 0.6) is 0 Å². The van der Waals surface area contributed by atoms with Gasteiger partial charge < -0.3 is 37.0 Å². The normalized spacial score (nSPS) is 15.1. The van der Waals surface area contributed by atoms with Crippen LogP contribution >= 0.6 is 12.6 Å². The van der Waals surface area contributed by atoms with E-state index >= 15 is 0 Å². The molecule has 0 aliphatic heterocycles. The second-order valence-electron chi connectivity index (χ2n) is 6.25. The highest BCUT2D eigenvalue weighted by Gasteiger charge is 2.30. The zero-order chi connectivity index (χ0) is 22.0. The van der Waals surface area contributed by atoms with Gasteiger partial charge in [0.1, 0.15) is 18.1 Å². The van der Waals surface area contributed by atoms with Gasteiger partial charge in [0.25, 0.3) is 0 Å². The fourth-order valence-electron chi connectivity index (χ4n) is 1.88. The van der Waals surface area contributed by atoms with Gasteiger partial charge in [-0.3, -0.25) is 19.2 Å². The molecule has 0 aromatic heterocycles. The maximum atomic E-state index is 12.2. The summed E-state index contributed by atoms with van der Waals surface area (Å²) < 4.78 is 0. The molecule has 8 N–H and O–H groups in total. The molecule has 0 aliphatic carbocycles. The SMILES string of the molecule is CC(C)C(N)C(=O)NC(CO)C(=O)NC(CS)C(=O)NC(CC(=O)O)C(=O)O. The Morgan fingerprint density at radius 3 is 1.75 bits per heavy atom. The number of hydrogen-bond acceptors (Lipinski definition) is 8. The topological polar surface area (TPSA) is 208 Å². The Labute approximate surface area is 166 Å². The molecule has 0 radical (unpaired) electrons. The van der Waals surface area contributed by atoms with Crippen LogP contribution in [-0.4, -0.2) is 81.5 Å². The Balaban J connectivity index is 5.02. The van der Waals surface area contributed by atoms with E-state index in [1.165, 1.54) is 0 Å². The summed E-state index contributed by atoms with van der Waals surface area (Å²) in [5.74, 6) is -6.07. The minimum absolute atomic E-state index is 0.222. The number of nitrogens with one attached hydrogen (secondary N) is 3. The molecule has 0 saturated carbocycles. The van der Waals surface area contributed by atoms with Crippen molar-refractivity contribution in [3.8, 4) is 0 Å². The number of carboxylic acid groups (broad SMARTS) is 2. The molecular weight excluding hydrogens is 396 g/mol. The standard InChI is InChI=1S/C15H26N4O8S/c1-6(2)11(16)14(25)18-8(4-20)12(23)19-9(5-28)13(24)17-7(15(26)27)3-10(21)22/h6-9,11,20,28H,3-5,16H2,1-2H3,(H,17,24)(H,18,25)(H,19,23)(H,21,22)(H,26,27). The van der Waals surface area contributed by atoms with Gasteiger partial charge in [0.15, 0.2) is 0 Å². The molecule has 12 nitrogen and oxygen atoms in total. The molecular formula is C15H26N4O8S. The number of hydrogen-bond donors (Lipinski definition) is 8. The van der Waals surface area contributed by atoms with Crippen LogP contribution in [0.2, 0.25) is 0 Å². The van der Waals surface area contributed by atoms with Crippen LogP contribution in [0.25, 0.3) is 0 Å². The quantitative estimate of drug-likeness (QED) is 0.150. The van der Waals surface area contributed by atoms with Crippen molar-refractivity contribution < 1.29 is 39.3 Å². The predicted molar refractivity (Wildman–Crippen MR) is 99.4 cm³/mol. The molecule has 0 fully saturated rings. The lowest BCUT2D eigenvalue weighted by atomic mass is 10.0. The van der Waals surface area contributed by atoms with E-state index in [-0.39, 0.29) is 11.7 Å². The van der Waals surface area contributed by atoms with Crippen molar-refractivity contribution in [1.82, 2.24) is 16.0 Å². The summed E-state index contributed by atoms with van der Waals surface area (Å²) in [5, 5.41) is 33.4. The molecule has 160 valence electrons. The molecule has 0 heterocycles. The highest BCUT2D eigenvalue weighted by Crippen LogP contribution is 2.00. The number of thiol groups is 1. The van der Waals surface area contributed by atoms with E-state index in [4.69, 9.17) is 15.9 Å². The molecule has 0 saturated heterocycles. The number of carbonyl (C=O) groups is 5. The van der Waals surface area contributed by atoms with E-state index in [0.29, 0.717) is 0 Å². The minimum Gasteiger partial charge on any atom is -0.481 e. The summed E-state index contributed by atoms with van der Waals surface area (Å²) in [5.41, 5.74) is 5.66. The Morgan fingerprint density at radius 1 is 0.893 bits per heavy atom. The monoisotopic (exact) mass is 422 g/mol. The zero-order valence-electron chi connectivity index (χ0n) is 15.4. The largest absolute Gasteiger partial charge is 0.481 e. The maximum absolute atomic E-state index is 12.2. The summed E-state index contributed by atoms with van der Waals surface area (Å²) in [6.45, 7) is 2.60. The van der Waals surface area contributed by atoms with Crippen LogP contribution in [0.15, 0.2) is 0 Å². The van der Waals surface area contributed by atoms with Gasteiger partial charge in [0, 0.05) is 5.75 Å². The summed E-state index contributed by atoms with van der Waals surface area (Å²) in [6.07, 6.45) is -0.864. The third-order valence-corrected chi connectivity index (χ3v) is 4.01. The fraction of sp³-hybridized carbons (Fsp3) is 0.667. The lowest BCUT2D eigenvalue weighted by Crippen LogP contribution is -2.59. The van der Waals surface area contributed by atoms with Crippen molar-refractivity contribution in [3.63, 3.8) is 0 Å². The molecule has 3 amide bonds. The number of aliphatic carboxylic acids is 2. The van der Waals surface area contributed by atoms with Crippen molar-refractivity contribution in [2.45, 2.75) is 44.4 Å². The van der Waals surface area contributed by atoms with Crippen LogP contribution in [0.3, 0.4) is 0 Å². The number of rotatable bonds is 12. The first-order valence-corrected chi connectivity index (χ1v) is 8.90. The van der Waals surface area contributed by atoms with Crippen LogP contribution < -0.4 is 21.7 Å².